The molecule has 3 N–H and O–H groups in total. The Kier molecular flexibility index (Phi) is 9.72. The zero-order valence-electron chi connectivity index (χ0n) is 17.4. The van der Waals surface area contributed by atoms with Crippen molar-refractivity contribution in [3.05, 3.63) is 59.2 Å². The first-order chi connectivity index (χ1) is 14.2. The number of halogens is 1. The van der Waals surface area contributed by atoms with Gasteiger partial charge in [0.05, 0.1) is 0 Å². The number of carbonyl (C=O) groups excluding carboxylic acids is 1. The summed E-state index contributed by atoms with van der Waals surface area (Å²) in [6, 6.07) is 13.5. The molecule has 0 saturated carbocycles. The molecule has 2 aromatic rings. The van der Waals surface area contributed by atoms with Crippen LogP contribution >= 0.6 is 24.0 Å². The maximum Gasteiger partial charge on any atom is 0.251 e. The van der Waals surface area contributed by atoms with Crippen LogP contribution in [0.15, 0.2) is 47.5 Å². The molecule has 0 unspecified atom stereocenters. The quantitative estimate of drug-likeness (QED) is 0.214. The first-order valence-corrected chi connectivity index (χ1v) is 9.91. The number of hydrogen-bond acceptors (Lipinski definition) is 4. The van der Waals surface area contributed by atoms with Crippen LogP contribution in [-0.2, 0) is 6.42 Å². The molecule has 7 nitrogen and oxygen atoms in total. The first kappa shape index (κ1) is 23.8. The number of amides is 1. The van der Waals surface area contributed by atoms with Gasteiger partial charge in [0, 0.05) is 31.7 Å². The molecule has 1 amide bonds. The fraction of sp³-hybridized carbons (Fsp3) is 0.364. The minimum absolute atomic E-state index is 0. The first-order valence-electron chi connectivity index (χ1n) is 9.91. The molecule has 1 aliphatic heterocycles. The van der Waals surface area contributed by atoms with Gasteiger partial charge in [-0.1, -0.05) is 23.8 Å². The van der Waals surface area contributed by atoms with Crippen molar-refractivity contribution in [2.45, 2.75) is 20.3 Å². The van der Waals surface area contributed by atoms with Gasteiger partial charge in [-0.05, 0) is 50.1 Å². The van der Waals surface area contributed by atoms with E-state index in [1.54, 1.807) is 0 Å². The Morgan fingerprint density at radius 2 is 1.83 bits per heavy atom. The average molecular weight is 524 g/mol. The highest BCUT2D eigenvalue weighted by atomic mass is 127. The number of guanidine groups is 1. The molecule has 2 aromatic carbocycles. The molecule has 3 rings (SSSR count). The number of aliphatic imine (C=N–C) groups is 1. The largest absolute Gasteiger partial charge is 0.454 e. The lowest BCUT2D eigenvalue weighted by Gasteiger charge is -2.12. The number of aryl methyl sites for hydroxylation is 1. The molecule has 1 heterocycles. The summed E-state index contributed by atoms with van der Waals surface area (Å²) in [5, 5.41) is 9.39. The lowest BCUT2D eigenvalue weighted by molar-refractivity contribution is 0.0954. The zero-order valence-corrected chi connectivity index (χ0v) is 19.7. The van der Waals surface area contributed by atoms with Gasteiger partial charge >= 0.3 is 0 Å². The minimum atomic E-state index is -0.0692. The van der Waals surface area contributed by atoms with Crippen LogP contribution in [0.5, 0.6) is 11.5 Å². The van der Waals surface area contributed by atoms with Crippen LogP contribution in [0.4, 0.5) is 0 Å². The van der Waals surface area contributed by atoms with Crippen molar-refractivity contribution in [2.24, 2.45) is 4.99 Å². The van der Waals surface area contributed by atoms with Crippen molar-refractivity contribution < 1.29 is 14.3 Å². The standard InChI is InChI=1S/C22H28N4O3.HI/c1-3-23-22(25-10-9-17-7-8-19-20(14-17)29-15-28-19)26-12-11-24-21(27)18-6-4-5-16(2)13-18;/h4-8,13-14H,3,9-12,15H2,1-2H3,(H,24,27)(H2,23,25,26);1H. The summed E-state index contributed by atoms with van der Waals surface area (Å²) in [6.07, 6.45) is 0.803. The Morgan fingerprint density at radius 3 is 2.63 bits per heavy atom. The highest BCUT2D eigenvalue weighted by Gasteiger charge is 2.12. The smallest absolute Gasteiger partial charge is 0.251 e. The Bertz CT molecular complexity index is 873. The molecule has 1 aliphatic rings. The van der Waals surface area contributed by atoms with Crippen LogP contribution in [-0.4, -0.2) is 44.8 Å². The van der Waals surface area contributed by atoms with E-state index in [-0.39, 0.29) is 36.7 Å². The molecule has 0 fully saturated rings. The van der Waals surface area contributed by atoms with Gasteiger partial charge in [0.1, 0.15) is 0 Å². The molecule has 162 valence electrons. The molecule has 0 aliphatic carbocycles. The van der Waals surface area contributed by atoms with Crippen molar-refractivity contribution in [3.8, 4) is 11.5 Å². The van der Waals surface area contributed by atoms with E-state index in [4.69, 9.17) is 9.47 Å². The Hall–Kier alpha value is -2.49. The van der Waals surface area contributed by atoms with Gasteiger partial charge in [0.25, 0.3) is 5.91 Å². The molecular weight excluding hydrogens is 495 g/mol. The van der Waals surface area contributed by atoms with Crippen molar-refractivity contribution in [3.63, 3.8) is 0 Å². The third kappa shape index (κ3) is 7.08. The monoisotopic (exact) mass is 524 g/mol. The van der Waals surface area contributed by atoms with Gasteiger partial charge in [-0.25, -0.2) is 0 Å². The van der Waals surface area contributed by atoms with Gasteiger partial charge in [-0.2, -0.15) is 0 Å². The highest BCUT2D eigenvalue weighted by Crippen LogP contribution is 2.32. The second kappa shape index (κ2) is 12.3. The van der Waals surface area contributed by atoms with E-state index in [1.807, 2.05) is 56.3 Å². The summed E-state index contributed by atoms with van der Waals surface area (Å²) in [4.78, 5) is 16.8. The number of fused-ring (bicyclic) bond motifs is 1. The summed E-state index contributed by atoms with van der Waals surface area (Å²) in [5.74, 6) is 2.25. The normalized spacial score (nSPS) is 12.1. The molecule has 0 spiro atoms. The van der Waals surface area contributed by atoms with E-state index in [0.717, 1.165) is 41.6 Å². The van der Waals surface area contributed by atoms with E-state index >= 15 is 0 Å². The van der Waals surface area contributed by atoms with Crippen LogP contribution < -0.4 is 25.4 Å². The van der Waals surface area contributed by atoms with Gasteiger partial charge in [0.2, 0.25) is 6.79 Å². The summed E-state index contributed by atoms with van der Waals surface area (Å²) in [6.45, 7) is 6.80. The number of nitrogens with one attached hydrogen (secondary N) is 3. The number of hydrogen-bond donors (Lipinski definition) is 3. The van der Waals surface area contributed by atoms with E-state index in [1.165, 1.54) is 0 Å². The van der Waals surface area contributed by atoms with Crippen molar-refractivity contribution in [2.75, 3.05) is 33.0 Å². The second-order valence-electron chi connectivity index (χ2n) is 6.75. The van der Waals surface area contributed by atoms with Crippen LogP contribution in [0.3, 0.4) is 0 Å². The molecule has 0 atom stereocenters. The van der Waals surface area contributed by atoms with E-state index in [2.05, 4.69) is 20.9 Å². The van der Waals surface area contributed by atoms with Crippen molar-refractivity contribution >= 4 is 35.8 Å². The average Bonchev–Trinajstić information content (AvgIpc) is 3.19. The van der Waals surface area contributed by atoms with Crippen LogP contribution in [0.25, 0.3) is 0 Å². The molecular formula is C22H29IN4O3. The maximum absolute atomic E-state index is 12.2. The van der Waals surface area contributed by atoms with Crippen LogP contribution in [0, 0.1) is 6.92 Å². The van der Waals surface area contributed by atoms with Gasteiger partial charge < -0.3 is 25.4 Å². The minimum Gasteiger partial charge on any atom is -0.454 e. The maximum atomic E-state index is 12.2. The van der Waals surface area contributed by atoms with E-state index < -0.39 is 0 Å². The molecule has 8 heteroatoms. The summed E-state index contributed by atoms with van der Waals surface area (Å²) < 4.78 is 10.7. The zero-order chi connectivity index (χ0) is 20.5. The van der Waals surface area contributed by atoms with E-state index in [0.29, 0.717) is 25.2 Å². The van der Waals surface area contributed by atoms with Gasteiger partial charge in [-0.15, -0.1) is 24.0 Å². The predicted molar refractivity (Wildman–Crippen MR) is 129 cm³/mol. The Morgan fingerprint density at radius 1 is 1.03 bits per heavy atom. The molecule has 30 heavy (non-hydrogen) atoms. The number of nitrogens with zero attached hydrogens (tertiary/aromatic N) is 1. The summed E-state index contributed by atoms with van der Waals surface area (Å²) in [7, 11) is 0. The SMILES string of the molecule is CCNC(=NCCc1ccc2c(c1)OCO2)NCCNC(=O)c1cccc(C)c1.I. The number of benzene rings is 2. The van der Waals surface area contributed by atoms with Crippen molar-refractivity contribution in [1.29, 1.82) is 0 Å². The third-order valence-corrected chi connectivity index (χ3v) is 4.43. The van der Waals surface area contributed by atoms with Gasteiger partial charge in [-0.3, -0.25) is 9.79 Å². The molecule has 0 saturated heterocycles. The topological polar surface area (TPSA) is 84.0 Å². The molecule has 0 bridgehead atoms. The number of carbonyl (C=O) groups is 1. The van der Waals surface area contributed by atoms with Crippen LogP contribution in [0.1, 0.15) is 28.4 Å². The highest BCUT2D eigenvalue weighted by molar-refractivity contribution is 14.0. The lowest BCUT2D eigenvalue weighted by Crippen LogP contribution is -2.41. The predicted octanol–water partition coefficient (Wildman–Crippen LogP) is 2.87. The number of rotatable bonds is 8. The van der Waals surface area contributed by atoms with Crippen molar-refractivity contribution in [1.82, 2.24) is 16.0 Å². The van der Waals surface area contributed by atoms with Crippen LogP contribution in [0.2, 0.25) is 0 Å². The Balaban J connectivity index is 0.00000320. The summed E-state index contributed by atoms with van der Waals surface area (Å²) >= 11 is 0. The lowest BCUT2D eigenvalue weighted by atomic mass is 10.1. The second-order valence-corrected chi connectivity index (χ2v) is 6.75. The molecule has 0 radical (unpaired) electrons. The van der Waals surface area contributed by atoms with E-state index in [9.17, 15) is 4.79 Å². The Labute approximate surface area is 194 Å². The van der Waals surface area contributed by atoms with Gasteiger partial charge in [0.15, 0.2) is 17.5 Å². The number of ether oxygens (including phenoxy) is 2. The third-order valence-electron chi connectivity index (χ3n) is 4.43. The fourth-order valence-corrected chi connectivity index (χ4v) is 2.98. The molecule has 0 aromatic heterocycles. The fourth-order valence-electron chi connectivity index (χ4n) is 2.98. The summed E-state index contributed by atoms with van der Waals surface area (Å²) in [5.41, 5.74) is 2.90.